The second-order valence-electron chi connectivity index (χ2n) is 4.92. The van der Waals surface area contributed by atoms with Gasteiger partial charge < -0.3 is 0 Å². The third kappa shape index (κ3) is 5.33. The predicted octanol–water partition coefficient (Wildman–Crippen LogP) is 5.94. The molecule has 2 aromatic rings. The lowest BCUT2D eigenvalue weighted by atomic mass is 10.2. The molecule has 0 spiro atoms. The van der Waals surface area contributed by atoms with Crippen molar-refractivity contribution in [1.29, 1.82) is 0 Å². The van der Waals surface area contributed by atoms with Crippen LogP contribution < -0.4 is 0 Å². The van der Waals surface area contributed by atoms with Gasteiger partial charge in [0.1, 0.15) is 0 Å². The fourth-order valence-corrected chi connectivity index (χ4v) is 4.86. The van der Waals surface area contributed by atoms with E-state index in [1.165, 1.54) is 16.2 Å². The number of hydrogen-bond acceptors (Lipinski definition) is 2. The van der Waals surface area contributed by atoms with Gasteiger partial charge in [0.05, 0.1) is 4.58 Å². The van der Waals surface area contributed by atoms with Crippen molar-refractivity contribution in [2.45, 2.75) is 34.6 Å². The zero-order valence-corrected chi connectivity index (χ0v) is 13.1. The Balaban J connectivity index is 2.03. The maximum absolute atomic E-state index is 2.30. The van der Waals surface area contributed by atoms with Crippen LogP contribution in [0.4, 0.5) is 0 Å². The van der Waals surface area contributed by atoms with Crippen molar-refractivity contribution in [3.05, 3.63) is 60.7 Å². The van der Waals surface area contributed by atoms with Crippen molar-refractivity contribution < 1.29 is 0 Å². The zero-order chi connectivity index (χ0) is 13.5. The molecule has 0 heterocycles. The Morgan fingerprint density at radius 2 is 1.16 bits per heavy atom. The van der Waals surface area contributed by atoms with Crippen molar-refractivity contribution in [3.63, 3.8) is 0 Å². The first kappa shape index (κ1) is 14.5. The van der Waals surface area contributed by atoms with Gasteiger partial charge in [0.25, 0.3) is 0 Å². The van der Waals surface area contributed by atoms with Gasteiger partial charge in [-0.1, -0.05) is 50.2 Å². The third-order valence-electron chi connectivity index (χ3n) is 2.69. The number of benzene rings is 2. The van der Waals surface area contributed by atoms with Crippen LogP contribution in [0, 0.1) is 5.92 Å². The molecule has 0 bridgehead atoms. The van der Waals surface area contributed by atoms with Gasteiger partial charge in [0.15, 0.2) is 0 Å². The smallest absolute Gasteiger partial charge is 0.0599 e. The fraction of sp³-hybridized carbons (Fsp3) is 0.294. The summed E-state index contributed by atoms with van der Waals surface area (Å²) in [5.74, 6) is 0.720. The molecule has 0 unspecified atom stereocenters. The molecule has 19 heavy (non-hydrogen) atoms. The fourth-order valence-electron chi connectivity index (χ4n) is 1.81. The highest BCUT2D eigenvalue weighted by atomic mass is 32.2. The summed E-state index contributed by atoms with van der Waals surface area (Å²) in [4.78, 5) is 2.72. The van der Waals surface area contributed by atoms with Gasteiger partial charge in [-0.05, 0) is 36.6 Å². The summed E-state index contributed by atoms with van der Waals surface area (Å²) in [6.07, 6.45) is 1.22. The summed E-state index contributed by atoms with van der Waals surface area (Å²) in [5, 5.41) is 0. The molecule has 0 amide bonds. The zero-order valence-electron chi connectivity index (χ0n) is 11.5. The topological polar surface area (TPSA) is 0 Å². The van der Waals surface area contributed by atoms with Crippen LogP contribution >= 0.6 is 23.5 Å². The van der Waals surface area contributed by atoms with Crippen molar-refractivity contribution in [3.8, 4) is 0 Å². The number of hydrogen-bond donors (Lipinski definition) is 0. The molecule has 0 saturated heterocycles. The Hall–Kier alpha value is -0.860. The van der Waals surface area contributed by atoms with Crippen LogP contribution in [0.5, 0.6) is 0 Å². The first-order valence-corrected chi connectivity index (χ1v) is 8.43. The molecule has 2 rings (SSSR count). The highest BCUT2D eigenvalue weighted by Gasteiger charge is 2.14. The van der Waals surface area contributed by atoms with E-state index in [9.17, 15) is 0 Å². The summed E-state index contributed by atoms with van der Waals surface area (Å²) in [5.41, 5.74) is 0. The molecular weight excluding hydrogens is 268 g/mol. The standard InChI is InChI=1S/C17H20S2/c1-14(2)13-17(18-15-9-5-3-6-10-15)19-16-11-7-4-8-12-16/h3-12,14,17H,13H2,1-2H3. The van der Waals surface area contributed by atoms with E-state index in [0.717, 1.165) is 5.92 Å². The van der Waals surface area contributed by atoms with Crippen LogP contribution in [0.25, 0.3) is 0 Å². The van der Waals surface area contributed by atoms with Crippen molar-refractivity contribution in [1.82, 2.24) is 0 Å². The Bertz CT molecular complexity index is 424. The van der Waals surface area contributed by atoms with E-state index in [2.05, 4.69) is 74.5 Å². The van der Waals surface area contributed by atoms with Crippen molar-refractivity contribution in [2.75, 3.05) is 0 Å². The Kier molecular flexibility index (Phi) is 5.87. The van der Waals surface area contributed by atoms with Gasteiger partial charge in [-0.2, -0.15) is 0 Å². The maximum Gasteiger partial charge on any atom is 0.0599 e. The lowest BCUT2D eigenvalue weighted by molar-refractivity contribution is 0.619. The van der Waals surface area contributed by atoms with Crippen LogP contribution in [0.3, 0.4) is 0 Å². The molecule has 0 N–H and O–H groups in total. The Labute approximate surface area is 125 Å². The lowest BCUT2D eigenvalue weighted by Crippen LogP contribution is -2.02. The monoisotopic (exact) mass is 288 g/mol. The highest BCUT2D eigenvalue weighted by Crippen LogP contribution is 2.38. The normalized spacial score (nSPS) is 11.2. The Morgan fingerprint density at radius 3 is 1.53 bits per heavy atom. The van der Waals surface area contributed by atoms with Gasteiger partial charge in [0.2, 0.25) is 0 Å². The minimum absolute atomic E-state index is 0.574. The maximum atomic E-state index is 2.30. The highest BCUT2D eigenvalue weighted by molar-refractivity contribution is 8.17. The van der Waals surface area contributed by atoms with Crippen LogP contribution in [0.15, 0.2) is 70.5 Å². The second kappa shape index (κ2) is 7.66. The molecule has 0 aliphatic carbocycles. The molecular formula is C17H20S2. The Morgan fingerprint density at radius 1 is 0.737 bits per heavy atom. The van der Waals surface area contributed by atoms with Gasteiger partial charge >= 0.3 is 0 Å². The van der Waals surface area contributed by atoms with E-state index >= 15 is 0 Å². The molecule has 0 fully saturated rings. The van der Waals surface area contributed by atoms with Crippen LogP contribution in [-0.2, 0) is 0 Å². The molecule has 0 aromatic heterocycles. The SMILES string of the molecule is CC(C)CC(Sc1ccccc1)Sc1ccccc1. The minimum Gasteiger partial charge on any atom is -0.111 e. The summed E-state index contributed by atoms with van der Waals surface area (Å²) >= 11 is 3.95. The van der Waals surface area contributed by atoms with E-state index < -0.39 is 0 Å². The van der Waals surface area contributed by atoms with Crippen molar-refractivity contribution in [2.24, 2.45) is 5.92 Å². The largest absolute Gasteiger partial charge is 0.111 e. The molecule has 2 heteroatoms. The molecule has 2 aromatic carbocycles. The summed E-state index contributed by atoms with van der Waals surface area (Å²) in [6.45, 7) is 4.59. The molecule has 0 saturated carbocycles. The van der Waals surface area contributed by atoms with Crippen molar-refractivity contribution >= 4 is 23.5 Å². The van der Waals surface area contributed by atoms with Crippen LogP contribution in [-0.4, -0.2) is 4.58 Å². The number of rotatable bonds is 6. The summed E-state index contributed by atoms with van der Waals surface area (Å²) in [7, 11) is 0. The molecule has 100 valence electrons. The first-order valence-electron chi connectivity index (χ1n) is 6.67. The number of thioether (sulfide) groups is 2. The van der Waals surface area contributed by atoms with Gasteiger partial charge in [-0.3, -0.25) is 0 Å². The summed E-state index contributed by atoms with van der Waals surface area (Å²) < 4.78 is 0.574. The predicted molar refractivity (Wildman–Crippen MR) is 87.8 cm³/mol. The van der Waals surface area contributed by atoms with E-state index in [1.807, 2.05) is 23.5 Å². The van der Waals surface area contributed by atoms with Gasteiger partial charge in [0, 0.05) is 9.79 Å². The van der Waals surface area contributed by atoms with E-state index in [-0.39, 0.29) is 0 Å². The van der Waals surface area contributed by atoms with Gasteiger partial charge in [-0.15, -0.1) is 23.5 Å². The van der Waals surface area contributed by atoms with Crippen LogP contribution in [0.1, 0.15) is 20.3 Å². The average Bonchev–Trinajstić information content (AvgIpc) is 2.40. The van der Waals surface area contributed by atoms with Gasteiger partial charge in [-0.25, -0.2) is 0 Å². The second-order valence-corrected chi connectivity index (χ2v) is 7.77. The lowest BCUT2D eigenvalue weighted by Gasteiger charge is -2.18. The molecule has 0 aliphatic rings. The van der Waals surface area contributed by atoms with Crippen LogP contribution in [0.2, 0.25) is 0 Å². The summed E-state index contributed by atoms with van der Waals surface area (Å²) in [6, 6.07) is 21.4. The third-order valence-corrected chi connectivity index (χ3v) is 5.26. The minimum atomic E-state index is 0.574. The van der Waals surface area contributed by atoms with E-state index in [1.54, 1.807) is 0 Å². The average molecular weight is 288 g/mol. The van der Waals surface area contributed by atoms with E-state index in [0.29, 0.717) is 4.58 Å². The molecule has 0 aliphatic heterocycles. The first-order chi connectivity index (χ1) is 9.24. The molecule has 0 nitrogen and oxygen atoms in total. The van der Waals surface area contributed by atoms with E-state index in [4.69, 9.17) is 0 Å². The quantitative estimate of drug-likeness (QED) is 0.476. The molecule has 0 atom stereocenters. The molecule has 0 radical (unpaired) electrons.